The Hall–Kier alpha value is -2.55. The van der Waals surface area contributed by atoms with E-state index in [1.807, 2.05) is 6.92 Å². The first kappa shape index (κ1) is 16.9. The third kappa shape index (κ3) is 3.26. The quantitative estimate of drug-likeness (QED) is 0.676. The molecule has 2 heterocycles. The number of anilines is 1. The van der Waals surface area contributed by atoms with Crippen LogP contribution in [0.4, 0.5) is 5.95 Å². The van der Waals surface area contributed by atoms with Crippen molar-refractivity contribution in [2.24, 2.45) is 0 Å². The minimum absolute atomic E-state index is 0.0841. The molecule has 2 fully saturated rings. The zero-order valence-corrected chi connectivity index (χ0v) is 14.7. The van der Waals surface area contributed by atoms with Gasteiger partial charge in [0.1, 0.15) is 12.4 Å². The fraction of sp³-hybridized carbons (Fsp3) is 0.588. The standard InChI is InChI=1S/C17H23N7O2/c1-2-18-17-19-7-11(8-20-17)16(26)21-12-5-10(6-12)15-23-22-14(9-25)24(15)13-3-4-13/h7-8,10,12-13,25H,2-6,9H2,1H3,(H,21,26)(H,18,19,20). The molecule has 4 rings (SSSR count). The molecule has 0 aromatic carbocycles. The lowest BCUT2D eigenvalue weighted by Crippen LogP contribution is -2.44. The molecule has 9 heteroatoms. The minimum atomic E-state index is -0.156. The van der Waals surface area contributed by atoms with Crippen LogP contribution in [0.2, 0.25) is 0 Å². The molecular weight excluding hydrogens is 334 g/mol. The first-order valence-electron chi connectivity index (χ1n) is 9.10. The van der Waals surface area contributed by atoms with Gasteiger partial charge in [0.15, 0.2) is 5.82 Å². The van der Waals surface area contributed by atoms with Crippen LogP contribution >= 0.6 is 0 Å². The van der Waals surface area contributed by atoms with E-state index in [0.29, 0.717) is 23.4 Å². The summed E-state index contributed by atoms with van der Waals surface area (Å²) in [5.41, 5.74) is 0.457. The van der Waals surface area contributed by atoms with Gasteiger partial charge in [-0.2, -0.15) is 0 Å². The Kier molecular flexibility index (Phi) is 4.54. The molecule has 2 saturated carbocycles. The molecule has 9 nitrogen and oxygen atoms in total. The molecule has 0 aliphatic heterocycles. The van der Waals surface area contributed by atoms with Gasteiger partial charge in [-0.3, -0.25) is 4.79 Å². The Balaban J connectivity index is 1.34. The molecule has 0 bridgehead atoms. The number of aliphatic hydroxyl groups is 1. The van der Waals surface area contributed by atoms with E-state index in [0.717, 1.165) is 38.1 Å². The lowest BCUT2D eigenvalue weighted by molar-refractivity contribution is 0.0906. The van der Waals surface area contributed by atoms with Crippen LogP contribution in [-0.4, -0.2) is 48.3 Å². The smallest absolute Gasteiger partial charge is 0.254 e. The average Bonchev–Trinajstić information content (AvgIpc) is 3.37. The van der Waals surface area contributed by atoms with Crippen molar-refractivity contribution in [1.82, 2.24) is 30.0 Å². The van der Waals surface area contributed by atoms with Gasteiger partial charge in [-0.1, -0.05) is 0 Å². The Morgan fingerprint density at radius 2 is 2.00 bits per heavy atom. The molecule has 2 aliphatic rings. The highest BCUT2D eigenvalue weighted by Crippen LogP contribution is 2.42. The first-order chi connectivity index (χ1) is 12.7. The normalized spacial score (nSPS) is 21.9. The highest BCUT2D eigenvalue weighted by molar-refractivity contribution is 5.93. The van der Waals surface area contributed by atoms with Crippen molar-refractivity contribution in [3.63, 3.8) is 0 Å². The van der Waals surface area contributed by atoms with Crippen LogP contribution in [0.15, 0.2) is 12.4 Å². The number of hydrogen-bond acceptors (Lipinski definition) is 7. The van der Waals surface area contributed by atoms with Crippen molar-refractivity contribution < 1.29 is 9.90 Å². The summed E-state index contributed by atoms with van der Waals surface area (Å²) in [5.74, 6) is 2.23. The summed E-state index contributed by atoms with van der Waals surface area (Å²) in [4.78, 5) is 20.6. The molecular formula is C17H23N7O2. The number of nitrogens with zero attached hydrogens (tertiary/aromatic N) is 5. The maximum atomic E-state index is 12.3. The second-order valence-electron chi connectivity index (χ2n) is 6.90. The first-order valence-corrected chi connectivity index (χ1v) is 9.10. The second-order valence-corrected chi connectivity index (χ2v) is 6.90. The van der Waals surface area contributed by atoms with Crippen LogP contribution in [0.25, 0.3) is 0 Å². The van der Waals surface area contributed by atoms with E-state index in [1.165, 1.54) is 12.4 Å². The van der Waals surface area contributed by atoms with Crippen LogP contribution in [0.5, 0.6) is 0 Å². The molecule has 2 aromatic rings. The van der Waals surface area contributed by atoms with E-state index in [2.05, 4.69) is 35.4 Å². The number of aromatic nitrogens is 5. The maximum absolute atomic E-state index is 12.3. The Labute approximate surface area is 151 Å². The molecule has 0 saturated heterocycles. The van der Waals surface area contributed by atoms with Gasteiger partial charge in [0.05, 0.1) is 5.56 Å². The topological polar surface area (TPSA) is 118 Å². The molecule has 0 spiro atoms. The molecule has 1 amide bonds. The minimum Gasteiger partial charge on any atom is -0.388 e. The number of amides is 1. The van der Waals surface area contributed by atoms with Gasteiger partial charge in [0.2, 0.25) is 5.95 Å². The summed E-state index contributed by atoms with van der Waals surface area (Å²) >= 11 is 0. The number of carbonyl (C=O) groups excluding carboxylic acids is 1. The van der Waals surface area contributed by atoms with E-state index >= 15 is 0 Å². The summed E-state index contributed by atoms with van der Waals surface area (Å²) in [6.45, 7) is 2.61. The van der Waals surface area contributed by atoms with Gasteiger partial charge in [0, 0.05) is 36.9 Å². The second kappa shape index (κ2) is 6.99. The van der Waals surface area contributed by atoms with Crippen molar-refractivity contribution in [3.8, 4) is 0 Å². The molecule has 26 heavy (non-hydrogen) atoms. The molecule has 3 N–H and O–H groups in total. The van der Waals surface area contributed by atoms with Crippen LogP contribution in [-0.2, 0) is 6.61 Å². The lowest BCUT2D eigenvalue weighted by Gasteiger charge is -2.35. The van der Waals surface area contributed by atoms with Gasteiger partial charge in [-0.25, -0.2) is 9.97 Å². The third-order valence-corrected chi connectivity index (χ3v) is 4.93. The number of rotatable bonds is 7. The molecule has 2 aromatic heterocycles. The van der Waals surface area contributed by atoms with Gasteiger partial charge < -0.3 is 20.3 Å². The zero-order valence-electron chi connectivity index (χ0n) is 14.7. The highest BCUT2D eigenvalue weighted by atomic mass is 16.3. The van der Waals surface area contributed by atoms with Gasteiger partial charge in [-0.05, 0) is 32.6 Å². The summed E-state index contributed by atoms with van der Waals surface area (Å²) in [7, 11) is 0. The van der Waals surface area contributed by atoms with Crippen LogP contribution in [0.3, 0.4) is 0 Å². The molecule has 2 aliphatic carbocycles. The monoisotopic (exact) mass is 357 g/mol. The molecule has 0 radical (unpaired) electrons. The number of aliphatic hydroxyl groups excluding tert-OH is 1. The van der Waals surface area contributed by atoms with Crippen molar-refractivity contribution in [1.29, 1.82) is 0 Å². The van der Waals surface area contributed by atoms with Crippen LogP contribution < -0.4 is 10.6 Å². The predicted octanol–water partition coefficient (Wildman–Crippen LogP) is 1.00. The Bertz CT molecular complexity index is 779. The number of nitrogens with one attached hydrogen (secondary N) is 2. The predicted molar refractivity (Wildman–Crippen MR) is 93.6 cm³/mol. The van der Waals surface area contributed by atoms with Crippen molar-refractivity contribution in [3.05, 3.63) is 29.6 Å². The van der Waals surface area contributed by atoms with Gasteiger partial charge >= 0.3 is 0 Å². The molecule has 0 unspecified atom stereocenters. The SMILES string of the molecule is CCNc1ncc(C(=O)NC2CC(c3nnc(CO)n3C3CC3)C2)cn1. The fourth-order valence-corrected chi connectivity index (χ4v) is 3.36. The van der Waals surface area contributed by atoms with E-state index in [-0.39, 0.29) is 24.5 Å². The van der Waals surface area contributed by atoms with Crippen molar-refractivity contribution >= 4 is 11.9 Å². The third-order valence-electron chi connectivity index (χ3n) is 4.93. The van der Waals surface area contributed by atoms with Crippen LogP contribution in [0, 0.1) is 0 Å². The van der Waals surface area contributed by atoms with E-state index in [4.69, 9.17) is 0 Å². The van der Waals surface area contributed by atoms with E-state index < -0.39 is 0 Å². The van der Waals surface area contributed by atoms with Gasteiger partial charge in [-0.15, -0.1) is 10.2 Å². The average molecular weight is 357 g/mol. The highest BCUT2D eigenvalue weighted by Gasteiger charge is 2.38. The Morgan fingerprint density at radius 3 is 2.62 bits per heavy atom. The lowest BCUT2D eigenvalue weighted by atomic mass is 9.79. The zero-order chi connectivity index (χ0) is 18.1. The van der Waals surface area contributed by atoms with Crippen molar-refractivity contribution in [2.45, 2.75) is 57.2 Å². The molecule has 0 atom stereocenters. The largest absolute Gasteiger partial charge is 0.388 e. The summed E-state index contributed by atoms with van der Waals surface area (Å²) < 4.78 is 2.09. The summed E-state index contributed by atoms with van der Waals surface area (Å²) in [5, 5.41) is 23.8. The molecule has 138 valence electrons. The fourth-order valence-electron chi connectivity index (χ4n) is 3.36. The van der Waals surface area contributed by atoms with Gasteiger partial charge in [0.25, 0.3) is 5.91 Å². The summed E-state index contributed by atoms with van der Waals surface area (Å²) in [6, 6.07) is 0.547. The maximum Gasteiger partial charge on any atom is 0.254 e. The van der Waals surface area contributed by atoms with Crippen LogP contribution in [0.1, 0.15) is 66.6 Å². The Morgan fingerprint density at radius 1 is 1.27 bits per heavy atom. The number of hydrogen-bond donors (Lipinski definition) is 3. The summed E-state index contributed by atoms with van der Waals surface area (Å²) in [6.07, 6.45) is 6.97. The number of carbonyl (C=O) groups is 1. The van der Waals surface area contributed by atoms with Crippen molar-refractivity contribution in [2.75, 3.05) is 11.9 Å². The van der Waals surface area contributed by atoms with E-state index in [9.17, 15) is 9.90 Å². The van der Waals surface area contributed by atoms with E-state index in [1.54, 1.807) is 0 Å².